The highest BCUT2D eigenvalue weighted by molar-refractivity contribution is 7.80. The predicted octanol–water partition coefficient (Wildman–Crippen LogP) is 1.45. The summed E-state index contributed by atoms with van der Waals surface area (Å²) >= 11 is 4.96. The second-order valence-corrected chi connectivity index (χ2v) is 5.50. The maximum atomic E-state index is 11.9. The number of rotatable bonds is 5. The molecule has 8 nitrogen and oxygen atoms in total. The number of nitrogens with one attached hydrogen (secondary N) is 3. The number of carbonyl (C=O) groups is 2. The summed E-state index contributed by atoms with van der Waals surface area (Å²) in [4.78, 5) is 27.6. The van der Waals surface area contributed by atoms with Crippen LogP contribution in [-0.2, 0) is 4.79 Å². The smallest absolute Gasteiger partial charge is 0.271 e. The second kappa shape index (κ2) is 9.88. The van der Waals surface area contributed by atoms with E-state index in [1.807, 2.05) is 0 Å². The first-order valence-electron chi connectivity index (χ1n) is 7.75. The van der Waals surface area contributed by atoms with Crippen LogP contribution in [0.3, 0.4) is 0 Å². The number of pyridine rings is 1. The molecule has 0 fully saturated rings. The lowest BCUT2D eigenvalue weighted by atomic mass is 10.2. The fourth-order valence-corrected chi connectivity index (χ4v) is 2.15. The van der Waals surface area contributed by atoms with Crippen molar-refractivity contribution in [3.8, 4) is 11.5 Å². The van der Waals surface area contributed by atoms with Gasteiger partial charge in [0, 0.05) is 18.5 Å². The van der Waals surface area contributed by atoms with Gasteiger partial charge in [0.15, 0.2) is 16.6 Å². The second-order valence-electron chi connectivity index (χ2n) is 5.09. The van der Waals surface area contributed by atoms with Crippen molar-refractivity contribution in [3.05, 3.63) is 59.9 Å². The minimum Gasteiger partial charge on any atom is -0.493 e. The molecule has 1 aromatic heterocycles. The first kappa shape index (κ1) is 19.9. The molecule has 0 radical (unpaired) electrons. The van der Waals surface area contributed by atoms with E-state index < -0.39 is 11.8 Å². The van der Waals surface area contributed by atoms with Gasteiger partial charge in [0.1, 0.15) is 0 Å². The normalized spacial score (nSPS) is 10.1. The first-order chi connectivity index (χ1) is 13.0. The summed E-state index contributed by atoms with van der Waals surface area (Å²) < 4.78 is 10.4. The monoisotopic (exact) mass is 386 g/mol. The van der Waals surface area contributed by atoms with Crippen LogP contribution >= 0.6 is 12.2 Å². The Balaban J connectivity index is 1.85. The van der Waals surface area contributed by atoms with Crippen molar-refractivity contribution in [2.45, 2.75) is 0 Å². The van der Waals surface area contributed by atoms with Crippen molar-refractivity contribution in [1.82, 2.24) is 21.2 Å². The van der Waals surface area contributed by atoms with Crippen LogP contribution in [0.1, 0.15) is 15.9 Å². The van der Waals surface area contributed by atoms with E-state index >= 15 is 0 Å². The summed E-state index contributed by atoms with van der Waals surface area (Å²) in [6.45, 7) is 0. The van der Waals surface area contributed by atoms with Crippen molar-refractivity contribution in [3.63, 3.8) is 0 Å². The zero-order valence-electron chi connectivity index (χ0n) is 14.7. The Morgan fingerprint density at radius 3 is 2.56 bits per heavy atom. The van der Waals surface area contributed by atoms with Crippen molar-refractivity contribution in [2.75, 3.05) is 14.2 Å². The average Bonchev–Trinajstić information content (AvgIpc) is 2.70. The molecule has 0 atom stereocenters. The molecule has 1 heterocycles. The lowest BCUT2D eigenvalue weighted by molar-refractivity contribution is -0.115. The molecule has 0 aliphatic carbocycles. The first-order valence-corrected chi connectivity index (χ1v) is 8.15. The van der Waals surface area contributed by atoms with Crippen LogP contribution in [0.4, 0.5) is 0 Å². The zero-order chi connectivity index (χ0) is 19.6. The number of methoxy groups -OCH3 is 2. The molecule has 0 unspecified atom stereocenters. The van der Waals surface area contributed by atoms with Gasteiger partial charge in [-0.1, -0.05) is 6.07 Å². The molecule has 3 N–H and O–H groups in total. The maximum Gasteiger partial charge on any atom is 0.271 e. The van der Waals surface area contributed by atoms with E-state index in [1.165, 1.54) is 19.4 Å². The summed E-state index contributed by atoms with van der Waals surface area (Å²) in [5, 5.41) is 2.37. The average molecular weight is 386 g/mol. The summed E-state index contributed by atoms with van der Waals surface area (Å²) in [5.41, 5.74) is 5.91. The van der Waals surface area contributed by atoms with Gasteiger partial charge in [-0.25, -0.2) is 0 Å². The number of hydrazine groups is 1. The van der Waals surface area contributed by atoms with Gasteiger partial charge in [-0.15, -0.1) is 0 Å². The molecule has 2 amide bonds. The number of nitrogens with zero attached hydrogens (tertiary/aromatic N) is 1. The number of carbonyl (C=O) groups excluding carboxylic acids is 2. The Morgan fingerprint density at radius 1 is 1.11 bits per heavy atom. The molecule has 0 spiro atoms. The number of thiocarbonyl (C=S) groups is 1. The van der Waals surface area contributed by atoms with E-state index in [0.29, 0.717) is 17.1 Å². The van der Waals surface area contributed by atoms with Crippen LogP contribution in [0.15, 0.2) is 48.8 Å². The molecular formula is C18H18N4O4S. The molecule has 2 rings (SSSR count). The van der Waals surface area contributed by atoms with Crippen molar-refractivity contribution >= 4 is 35.2 Å². The fourth-order valence-electron chi connectivity index (χ4n) is 2.00. The number of hydrogen-bond acceptors (Lipinski definition) is 6. The number of benzene rings is 1. The Bertz CT molecular complexity index is 856. The van der Waals surface area contributed by atoms with E-state index in [0.717, 1.165) is 5.56 Å². The molecule has 1 aromatic carbocycles. The van der Waals surface area contributed by atoms with E-state index in [1.54, 1.807) is 49.7 Å². The van der Waals surface area contributed by atoms with Gasteiger partial charge in [0.2, 0.25) is 5.91 Å². The van der Waals surface area contributed by atoms with Gasteiger partial charge in [0.05, 0.1) is 19.8 Å². The van der Waals surface area contributed by atoms with Crippen LogP contribution in [0.2, 0.25) is 0 Å². The lowest BCUT2D eigenvalue weighted by Crippen LogP contribution is -2.48. The summed E-state index contributed by atoms with van der Waals surface area (Å²) in [7, 11) is 3.07. The largest absolute Gasteiger partial charge is 0.493 e. The van der Waals surface area contributed by atoms with Crippen molar-refractivity contribution in [2.24, 2.45) is 0 Å². The SMILES string of the molecule is COc1ccc(/C=C/C(=O)NC(=S)NNC(=O)c2cccnc2)cc1OC. The molecule has 0 saturated carbocycles. The molecular weight excluding hydrogens is 368 g/mol. The number of aromatic nitrogens is 1. The Kier molecular flexibility index (Phi) is 7.26. The highest BCUT2D eigenvalue weighted by atomic mass is 32.1. The van der Waals surface area contributed by atoms with Crippen molar-refractivity contribution in [1.29, 1.82) is 0 Å². The van der Waals surface area contributed by atoms with E-state index in [-0.39, 0.29) is 5.11 Å². The van der Waals surface area contributed by atoms with Gasteiger partial charge in [-0.05, 0) is 48.1 Å². The highest BCUT2D eigenvalue weighted by Crippen LogP contribution is 2.27. The molecule has 0 bridgehead atoms. The van der Waals surface area contributed by atoms with Crippen LogP contribution in [-0.4, -0.2) is 36.1 Å². The van der Waals surface area contributed by atoms with E-state index in [9.17, 15) is 9.59 Å². The van der Waals surface area contributed by atoms with Gasteiger partial charge >= 0.3 is 0 Å². The molecule has 2 aromatic rings. The van der Waals surface area contributed by atoms with Crippen molar-refractivity contribution < 1.29 is 19.1 Å². The Hall–Kier alpha value is -3.46. The Labute approximate surface area is 161 Å². The van der Waals surface area contributed by atoms with Crippen LogP contribution in [0.25, 0.3) is 6.08 Å². The molecule has 0 aliphatic rings. The van der Waals surface area contributed by atoms with E-state index in [2.05, 4.69) is 21.2 Å². The molecule has 140 valence electrons. The standard InChI is InChI=1S/C18H18N4O4S/c1-25-14-7-5-12(10-15(14)26-2)6-8-16(23)20-18(27)22-21-17(24)13-4-3-9-19-11-13/h3-11H,1-2H3,(H,21,24)(H2,20,22,23,27)/b8-6+. The molecule has 27 heavy (non-hydrogen) atoms. The van der Waals surface area contributed by atoms with E-state index in [4.69, 9.17) is 21.7 Å². The molecule has 0 aliphatic heterocycles. The summed E-state index contributed by atoms with van der Waals surface area (Å²) in [6.07, 6.45) is 5.86. The quantitative estimate of drug-likeness (QED) is 0.406. The third-order valence-electron chi connectivity index (χ3n) is 3.28. The summed E-state index contributed by atoms with van der Waals surface area (Å²) in [6, 6.07) is 8.46. The molecule has 0 saturated heterocycles. The number of ether oxygens (including phenoxy) is 2. The van der Waals surface area contributed by atoms with Gasteiger partial charge in [-0.3, -0.25) is 30.7 Å². The third-order valence-corrected chi connectivity index (χ3v) is 3.49. The fraction of sp³-hybridized carbons (Fsp3) is 0.111. The predicted molar refractivity (Wildman–Crippen MR) is 104 cm³/mol. The lowest BCUT2D eigenvalue weighted by Gasteiger charge is -2.09. The number of hydrogen-bond donors (Lipinski definition) is 3. The third kappa shape index (κ3) is 6.08. The van der Waals surface area contributed by atoms with Crippen LogP contribution in [0.5, 0.6) is 11.5 Å². The molecule has 9 heteroatoms. The minimum atomic E-state index is -0.460. The number of amides is 2. The zero-order valence-corrected chi connectivity index (χ0v) is 15.5. The Morgan fingerprint density at radius 2 is 1.89 bits per heavy atom. The minimum absolute atomic E-state index is 0.0470. The van der Waals surface area contributed by atoms with Gasteiger partial charge in [-0.2, -0.15) is 0 Å². The highest BCUT2D eigenvalue weighted by Gasteiger charge is 2.07. The van der Waals surface area contributed by atoms with Crippen LogP contribution in [0, 0.1) is 0 Å². The topological polar surface area (TPSA) is 102 Å². The summed E-state index contributed by atoms with van der Waals surface area (Å²) in [5.74, 6) is 0.252. The van der Waals surface area contributed by atoms with Crippen LogP contribution < -0.4 is 25.6 Å². The maximum absolute atomic E-state index is 11.9. The van der Waals surface area contributed by atoms with Gasteiger partial charge < -0.3 is 9.47 Å². The van der Waals surface area contributed by atoms with Gasteiger partial charge in [0.25, 0.3) is 5.91 Å².